The van der Waals surface area contributed by atoms with E-state index in [1.165, 1.54) is 18.9 Å². The summed E-state index contributed by atoms with van der Waals surface area (Å²) < 4.78 is 19.7. The van der Waals surface area contributed by atoms with Crippen molar-refractivity contribution in [1.29, 1.82) is 0 Å². The van der Waals surface area contributed by atoms with E-state index in [-0.39, 0.29) is 29.6 Å². The Labute approximate surface area is 163 Å². The molecule has 2 aliphatic carbocycles. The molecule has 3 aliphatic rings. The summed E-state index contributed by atoms with van der Waals surface area (Å²) in [5, 5.41) is 11.2. The predicted molar refractivity (Wildman–Crippen MR) is 101 cm³/mol. The highest BCUT2D eigenvalue weighted by atomic mass is 19.1. The molecule has 1 spiro atoms. The molecule has 0 unspecified atom stereocenters. The van der Waals surface area contributed by atoms with E-state index in [1.807, 2.05) is 17.9 Å². The average Bonchev–Trinajstić information content (AvgIpc) is 3.61. The summed E-state index contributed by atoms with van der Waals surface area (Å²) in [7, 11) is 0. The second-order valence-electron chi connectivity index (χ2n) is 8.61. The summed E-state index contributed by atoms with van der Waals surface area (Å²) in [6.45, 7) is 3.51. The summed E-state index contributed by atoms with van der Waals surface area (Å²) in [4.78, 5) is 14.6. The van der Waals surface area contributed by atoms with Gasteiger partial charge in [-0.15, -0.1) is 5.10 Å². The zero-order valence-corrected chi connectivity index (χ0v) is 16.0. The number of likely N-dealkylation sites (tertiary alicyclic amines) is 1. The van der Waals surface area contributed by atoms with Crippen LogP contribution in [0, 0.1) is 11.2 Å². The average molecular weight is 384 g/mol. The molecule has 3 atom stereocenters. The van der Waals surface area contributed by atoms with Gasteiger partial charge in [-0.05, 0) is 62.0 Å². The number of hydrogen-bond donors (Lipinski definition) is 1. The van der Waals surface area contributed by atoms with Gasteiger partial charge in [-0.25, -0.2) is 4.39 Å². The Balaban J connectivity index is 1.18. The Morgan fingerprint density at radius 1 is 1.21 bits per heavy atom. The van der Waals surface area contributed by atoms with Gasteiger partial charge in [-0.1, -0.05) is 23.3 Å². The van der Waals surface area contributed by atoms with Crippen LogP contribution in [0.25, 0.3) is 0 Å². The molecular formula is C21H25FN4O2. The number of piperidine rings is 1. The summed E-state index contributed by atoms with van der Waals surface area (Å²) in [5.74, 6) is 0.510. The molecular weight excluding hydrogens is 359 g/mol. The Hall–Kier alpha value is -2.44. The van der Waals surface area contributed by atoms with Gasteiger partial charge in [0.15, 0.2) is 0 Å². The number of benzene rings is 1. The zero-order chi connectivity index (χ0) is 19.3. The summed E-state index contributed by atoms with van der Waals surface area (Å²) in [5.41, 5.74) is 1.25. The van der Waals surface area contributed by atoms with Crippen molar-refractivity contribution in [2.75, 3.05) is 18.4 Å². The first kappa shape index (κ1) is 17.6. The van der Waals surface area contributed by atoms with E-state index in [1.54, 1.807) is 12.1 Å². The van der Waals surface area contributed by atoms with E-state index >= 15 is 0 Å². The van der Waals surface area contributed by atoms with Crippen LogP contribution < -0.4 is 5.32 Å². The molecule has 1 amide bonds. The lowest BCUT2D eigenvalue weighted by Gasteiger charge is -2.33. The molecule has 2 aromatic rings. The molecule has 5 rings (SSSR count). The number of rotatable bonds is 5. The SMILES string of the molecule is C[C@@H](Nc1nnc([C@H]2C[C@H]2c2ccccc2F)o1)C(=O)N1CCC2(CC1)CC2. The second kappa shape index (κ2) is 6.57. The quantitative estimate of drug-likeness (QED) is 0.851. The van der Waals surface area contributed by atoms with Gasteiger partial charge in [0.2, 0.25) is 11.8 Å². The van der Waals surface area contributed by atoms with Crippen LogP contribution >= 0.6 is 0 Å². The predicted octanol–water partition coefficient (Wildman–Crippen LogP) is 3.68. The van der Waals surface area contributed by atoms with Crippen molar-refractivity contribution in [1.82, 2.24) is 15.1 Å². The minimum absolute atomic E-state index is 0.0442. The molecule has 0 bridgehead atoms. The maximum absolute atomic E-state index is 13.9. The van der Waals surface area contributed by atoms with E-state index in [4.69, 9.17) is 4.42 Å². The fraction of sp³-hybridized carbons (Fsp3) is 0.571. The number of hydrogen-bond acceptors (Lipinski definition) is 5. The maximum Gasteiger partial charge on any atom is 0.316 e. The van der Waals surface area contributed by atoms with E-state index < -0.39 is 6.04 Å². The van der Waals surface area contributed by atoms with Crippen molar-refractivity contribution in [3.63, 3.8) is 0 Å². The maximum atomic E-state index is 13.9. The smallest absolute Gasteiger partial charge is 0.316 e. The molecule has 2 heterocycles. The highest BCUT2D eigenvalue weighted by Gasteiger charge is 2.46. The third kappa shape index (κ3) is 3.27. The standard InChI is InChI=1S/C21H25FN4O2/c1-13(19(27)26-10-8-21(6-7-21)9-11-26)23-20-25-24-18(28-20)16-12-15(16)14-4-2-3-5-17(14)22/h2-5,13,15-16H,6-12H2,1H3,(H,23,25)/t13-,15+,16+/m1/s1. The Bertz CT molecular complexity index is 884. The lowest BCUT2D eigenvalue weighted by molar-refractivity contribution is -0.133. The van der Waals surface area contributed by atoms with Crippen molar-refractivity contribution in [3.05, 3.63) is 41.5 Å². The number of amides is 1. The molecule has 2 saturated carbocycles. The molecule has 7 heteroatoms. The van der Waals surface area contributed by atoms with E-state index in [0.717, 1.165) is 32.4 Å². The molecule has 3 fully saturated rings. The van der Waals surface area contributed by atoms with Gasteiger partial charge in [0.05, 0.1) is 0 Å². The fourth-order valence-electron chi connectivity index (χ4n) is 4.43. The fourth-order valence-corrected chi connectivity index (χ4v) is 4.43. The highest BCUT2D eigenvalue weighted by Crippen LogP contribution is 2.55. The van der Waals surface area contributed by atoms with Crippen molar-refractivity contribution in [2.24, 2.45) is 5.41 Å². The first-order valence-corrected chi connectivity index (χ1v) is 10.2. The van der Waals surface area contributed by atoms with Crippen molar-refractivity contribution >= 4 is 11.9 Å². The number of nitrogens with zero attached hydrogens (tertiary/aromatic N) is 3. The van der Waals surface area contributed by atoms with Crippen LogP contribution in [-0.2, 0) is 4.79 Å². The van der Waals surface area contributed by atoms with Gasteiger partial charge in [0.25, 0.3) is 0 Å². The topological polar surface area (TPSA) is 71.3 Å². The first-order valence-electron chi connectivity index (χ1n) is 10.2. The number of halogens is 1. The van der Waals surface area contributed by atoms with Gasteiger partial charge in [-0.3, -0.25) is 4.79 Å². The van der Waals surface area contributed by atoms with Gasteiger partial charge in [0, 0.05) is 19.0 Å². The van der Waals surface area contributed by atoms with Gasteiger partial charge < -0.3 is 14.6 Å². The molecule has 1 aliphatic heterocycles. The Morgan fingerprint density at radius 3 is 2.68 bits per heavy atom. The van der Waals surface area contributed by atoms with Crippen LogP contribution in [0.5, 0.6) is 0 Å². The molecule has 1 aromatic heterocycles. The molecule has 0 radical (unpaired) electrons. The van der Waals surface area contributed by atoms with Crippen molar-refractivity contribution in [3.8, 4) is 0 Å². The Kier molecular flexibility index (Phi) is 4.14. The number of aromatic nitrogens is 2. The number of anilines is 1. The number of carbonyl (C=O) groups excluding carboxylic acids is 1. The normalized spacial score (nSPS) is 26.1. The molecule has 28 heavy (non-hydrogen) atoms. The van der Waals surface area contributed by atoms with Gasteiger partial charge in [-0.2, -0.15) is 0 Å². The van der Waals surface area contributed by atoms with Gasteiger partial charge >= 0.3 is 6.01 Å². The van der Waals surface area contributed by atoms with Crippen LogP contribution in [0.2, 0.25) is 0 Å². The van der Waals surface area contributed by atoms with Crippen LogP contribution in [0.1, 0.15) is 62.3 Å². The largest absolute Gasteiger partial charge is 0.408 e. The summed E-state index contributed by atoms with van der Waals surface area (Å²) in [6, 6.07) is 6.66. The monoisotopic (exact) mass is 384 g/mol. The van der Waals surface area contributed by atoms with E-state index in [2.05, 4.69) is 15.5 Å². The highest BCUT2D eigenvalue weighted by molar-refractivity contribution is 5.83. The minimum atomic E-state index is -0.414. The molecule has 6 nitrogen and oxygen atoms in total. The lowest BCUT2D eigenvalue weighted by Crippen LogP contribution is -2.45. The third-order valence-corrected chi connectivity index (χ3v) is 6.66. The van der Waals surface area contributed by atoms with Crippen LogP contribution in [0.3, 0.4) is 0 Å². The zero-order valence-electron chi connectivity index (χ0n) is 16.0. The molecule has 1 N–H and O–H groups in total. The first-order chi connectivity index (χ1) is 13.5. The lowest BCUT2D eigenvalue weighted by atomic mass is 9.93. The van der Waals surface area contributed by atoms with Gasteiger partial charge in [0.1, 0.15) is 11.9 Å². The number of nitrogens with one attached hydrogen (secondary N) is 1. The van der Waals surface area contributed by atoms with Crippen molar-refractivity contribution < 1.29 is 13.6 Å². The molecule has 1 saturated heterocycles. The third-order valence-electron chi connectivity index (χ3n) is 6.66. The summed E-state index contributed by atoms with van der Waals surface area (Å²) >= 11 is 0. The van der Waals surface area contributed by atoms with E-state index in [0.29, 0.717) is 16.9 Å². The van der Waals surface area contributed by atoms with E-state index in [9.17, 15) is 9.18 Å². The van der Waals surface area contributed by atoms with Crippen molar-refractivity contribution in [2.45, 2.75) is 56.9 Å². The minimum Gasteiger partial charge on any atom is -0.408 e. The van der Waals surface area contributed by atoms with Crippen LogP contribution in [0.15, 0.2) is 28.7 Å². The van der Waals surface area contributed by atoms with Crippen LogP contribution in [0.4, 0.5) is 10.4 Å². The van der Waals surface area contributed by atoms with Crippen LogP contribution in [-0.4, -0.2) is 40.1 Å². The number of carbonyl (C=O) groups is 1. The second-order valence-corrected chi connectivity index (χ2v) is 8.61. The molecule has 1 aromatic carbocycles. The Morgan fingerprint density at radius 2 is 1.96 bits per heavy atom. The summed E-state index contributed by atoms with van der Waals surface area (Å²) in [6.07, 6.45) is 5.68. The molecule has 148 valence electrons.